The van der Waals surface area contributed by atoms with Crippen molar-refractivity contribution in [3.63, 3.8) is 0 Å². The van der Waals surface area contributed by atoms with Gasteiger partial charge in [-0.15, -0.1) is 0 Å². The minimum atomic E-state index is -0.537. The third kappa shape index (κ3) is 4.70. The van der Waals surface area contributed by atoms with Gasteiger partial charge in [0.2, 0.25) is 0 Å². The minimum Gasteiger partial charge on any atom is -0.462 e. The Balaban J connectivity index is 1.43. The average Bonchev–Trinajstić information content (AvgIpc) is 3.43. The zero-order valence-corrected chi connectivity index (χ0v) is 17.7. The second-order valence-electron chi connectivity index (χ2n) is 8.71. The van der Waals surface area contributed by atoms with Crippen molar-refractivity contribution < 1.29 is 28.5 Å². The average molecular weight is 417 g/mol. The zero-order valence-electron chi connectivity index (χ0n) is 17.7. The maximum atomic E-state index is 12.6. The predicted octanol–water partition coefficient (Wildman–Crippen LogP) is 4.27. The lowest BCUT2D eigenvalue weighted by atomic mass is 9.86. The van der Waals surface area contributed by atoms with Crippen LogP contribution in [0.15, 0.2) is 30.3 Å². The van der Waals surface area contributed by atoms with Crippen molar-refractivity contribution in [1.82, 2.24) is 0 Å². The third-order valence-electron chi connectivity index (χ3n) is 6.76. The van der Waals surface area contributed by atoms with Crippen molar-refractivity contribution in [2.45, 2.75) is 76.3 Å². The number of ether oxygens (including phenoxy) is 4. The molecular formula is C24H32O6. The largest absolute Gasteiger partial charge is 0.462 e. The van der Waals surface area contributed by atoms with Crippen LogP contribution in [-0.2, 0) is 23.7 Å². The van der Waals surface area contributed by atoms with Gasteiger partial charge >= 0.3 is 11.9 Å². The molecule has 4 rings (SSSR count). The number of carbonyl (C=O) groups is 2. The first-order valence-corrected chi connectivity index (χ1v) is 11.3. The molecule has 1 aliphatic carbocycles. The van der Waals surface area contributed by atoms with Crippen LogP contribution in [0.1, 0.15) is 68.6 Å². The van der Waals surface area contributed by atoms with Crippen LogP contribution in [-0.4, -0.2) is 43.1 Å². The standard InChI is InChI=1S/C24H32O6/c1-2-3-7-11-24(27-13-14-28-24)12-10-18-19-15-22(25)29-21(19)16-20(18)30-23(26)17-8-5-4-6-9-17/h4-6,8-9,18-21H,2-3,7,10-16H2,1H3/t18?,19-,20-,21?/m1/s1. The van der Waals surface area contributed by atoms with E-state index in [2.05, 4.69) is 6.92 Å². The van der Waals surface area contributed by atoms with Crippen LogP contribution in [0.4, 0.5) is 0 Å². The summed E-state index contributed by atoms with van der Waals surface area (Å²) in [5.74, 6) is -0.827. The highest BCUT2D eigenvalue weighted by molar-refractivity contribution is 5.89. The Bertz CT molecular complexity index is 726. The van der Waals surface area contributed by atoms with Gasteiger partial charge in [-0.05, 0) is 25.0 Å². The molecule has 2 unspecified atom stereocenters. The van der Waals surface area contributed by atoms with Crippen molar-refractivity contribution in [3.05, 3.63) is 35.9 Å². The van der Waals surface area contributed by atoms with Gasteiger partial charge in [0.15, 0.2) is 5.79 Å². The van der Waals surface area contributed by atoms with Crippen molar-refractivity contribution in [2.75, 3.05) is 13.2 Å². The van der Waals surface area contributed by atoms with Crippen molar-refractivity contribution >= 4 is 11.9 Å². The highest BCUT2D eigenvalue weighted by atomic mass is 16.7. The molecule has 164 valence electrons. The maximum absolute atomic E-state index is 12.6. The molecule has 0 N–H and O–H groups in total. The summed E-state index contributed by atoms with van der Waals surface area (Å²) < 4.78 is 23.5. The van der Waals surface area contributed by atoms with Crippen molar-refractivity contribution in [3.8, 4) is 0 Å². The summed E-state index contributed by atoms with van der Waals surface area (Å²) in [5, 5.41) is 0. The molecule has 1 aromatic rings. The van der Waals surface area contributed by atoms with Gasteiger partial charge in [0.05, 0.1) is 25.2 Å². The van der Waals surface area contributed by atoms with E-state index in [1.165, 1.54) is 0 Å². The van der Waals surface area contributed by atoms with Gasteiger partial charge < -0.3 is 18.9 Å². The van der Waals surface area contributed by atoms with Gasteiger partial charge in [-0.25, -0.2) is 4.79 Å². The van der Waals surface area contributed by atoms with Crippen LogP contribution in [0.2, 0.25) is 0 Å². The molecule has 1 saturated carbocycles. The molecule has 3 fully saturated rings. The van der Waals surface area contributed by atoms with E-state index >= 15 is 0 Å². The summed E-state index contributed by atoms with van der Waals surface area (Å²) in [6, 6.07) is 9.05. The maximum Gasteiger partial charge on any atom is 0.338 e. The Labute approximate surface area is 178 Å². The molecule has 30 heavy (non-hydrogen) atoms. The quantitative estimate of drug-likeness (QED) is 0.442. The SMILES string of the molecule is CCCCCC1(CCC2[C@H]3CC(=O)OC3C[C@H]2OC(=O)c2ccccc2)OCCO1. The van der Waals surface area contributed by atoms with Crippen LogP contribution >= 0.6 is 0 Å². The van der Waals surface area contributed by atoms with Gasteiger partial charge in [0.1, 0.15) is 12.2 Å². The normalized spacial score (nSPS) is 29.6. The van der Waals surface area contributed by atoms with Gasteiger partial charge in [-0.2, -0.15) is 0 Å². The molecule has 4 atom stereocenters. The summed E-state index contributed by atoms with van der Waals surface area (Å²) in [6.45, 7) is 3.43. The molecule has 2 heterocycles. The van der Waals surface area contributed by atoms with E-state index in [1.54, 1.807) is 12.1 Å². The first kappa shape index (κ1) is 21.3. The number of unbranched alkanes of at least 4 members (excludes halogenated alkanes) is 2. The fourth-order valence-corrected chi connectivity index (χ4v) is 5.21. The van der Waals surface area contributed by atoms with Crippen LogP contribution < -0.4 is 0 Å². The lowest BCUT2D eigenvalue weighted by molar-refractivity contribution is -0.171. The smallest absolute Gasteiger partial charge is 0.338 e. The fourth-order valence-electron chi connectivity index (χ4n) is 5.21. The predicted molar refractivity (Wildman–Crippen MR) is 110 cm³/mol. The van der Waals surface area contributed by atoms with Crippen molar-refractivity contribution in [2.24, 2.45) is 11.8 Å². The van der Waals surface area contributed by atoms with E-state index < -0.39 is 5.79 Å². The number of hydrogen-bond donors (Lipinski definition) is 0. The zero-order chi connectivity index (χ0) is 21.0. The van der Waals surface area contributed by atoms with Crippen molar-refractivity contribution in [1.29, 1.82) is 0 Å². The summed E-state index contributed by atoms with van der Waals surface area (Å²) in [5.41, 5.74) is 0.545. The monoisotopic (exact) mass is 416 g/mol. The van der Waals surface area contributed by atoms with E-state index in [4.69, 9.17) is 18.9 Å². The first-order valence-electron chi connectivity index (χ1n) is 11.3. The number of fused-ring (bicyclic) bond motifs is 1. The molecule has 0 bridgehead atoms. The minimum absolute atomic E-state index is 0.0740. The molecule has 0 radical (unpaired) electrons. The summed E-state index contributed by atoms with van der Waals surface area (Å²) in [4.78, 5) is 24.5. The number of benzene rings is 1. The fraction of sp³-hybridized carbons (Fsp3) is 0.667. The summed E-state index contributed by atoms with van der Waals surface area (Å²) in [7, 11) is 0. The number of esters is 2. The lowest BCUT2D eigenvalue weighted by Gasteiger charge is -2.31. The number of hydrogen-bond acceptors (Lipinski definition) is 6. The van der Waals surface area contributed by atoms with Gasteiger partial charge in [0.25, 0.3) is 0 Å². The molecule has 6 heteroatoms. The second-order valence-corrected chi connectivity index (χ2v) is 8.71. The molecule has 2 aliphatic heterocycles. The van der Waals surface area contributed by atoms with E-state index in [1.807, 2.05) is 18.2 Å². The van der Waals surface area contributed by atoms with Crippen LogP contribution in [0.3, 0.4) is 0 Å². The highest BCUT2D eigenvalue weighted by Gasteiger charge is 2.52. The lowest BCUT2D eigenvalue weighted by Crippen LogP contribution is -2.33. The molecule has 0 amide bonds. The third-order valence-corrected chi connectivity index (χ3v) is 6.76. The topological polar surface area (TPSA) is 71.1 Å². The summed E-state index contributed by atoms with van der Waals surface area (Å²) in [6.07, 6.45) is 6.36. The number of carbonyl (C=O) groups excluding carboxylic acids is 2. The molecule has 6 nitrogen and oxygen atoms in total. The van der Waals surface area contributed by atoms with E-state index in [-0.39, 0.29) is 36.0 Å². The molecule has 0 spiro atoms. The molecule has 0 aromatic heterocycles. The van der Waals surface area contributed by atoms with Gasteiger partial charge in [0, 0.05) is 31.1 Å². The second kappa shape index (κ2) is 9.48. The van der Waals surface area contributed by atoms with E-state index in [9.17, 15) is 9.59 Å². The Kier molecular flexibility index (Phi) is 6.74. The number of rotatable bonds is 9. The Morgan fingerprint density at radius 1 is 1.13 bits per heavy atom. The van der Waals surface area contributed by atoms with Crippen LogP contribution in [0.25, 0.3) is 0 Å². The van der Waals surface area contributed by atoms with E-state index in [0.29, 0.717) is 31.6 Å². The summed E-state index contributed by atoms with van der Waals surface area (Å²) >= 11 is 0. The first-order chi connectivity index (χ1) is 14.6. The molecule has 2 saturated heterocycles. The Morgan fingerprint density at radius 2 is 1.90 bits per heavy atom. The van der Waals surface area contributed by atoms with Crippen LogP contribution in [0, 0.1) is 11.8 Å². The molecule has 1 aromatic carbocycles. The van der Waals surface area contributed by atoms with Gasteiger partial charge in [-0.1, -0.05) is 38.0 Å². The van der Waals surface area contributed by atoms with E-state index in [0.717, 1.165) is 38.5 Å². The Morgan fingerprint density at radius 3 is 2.63 bits per heavy atom. The Hall–Kier alpha value is -1.92. The molecular weight excluding hydrogens is 384 g/mol. The highest BCUT2D eigenvalue weighted by Crippen LogP contribution is 2.46. The molecule has 3 aliphatic rings. The van der Waals surface area contributed by atoms with Gasteiger partial charge in [-0.3, -0.25) is 4.79 Å². The van der Waals surface area contributed by atoms with Crippen LogP contribution in [0.5, 0.6) is 0 Å².